The second-order valence-corrected chi connectivity index (χ2v) is 35.1. The predicted octanol–water partition coefficient (Wildman–Crippen LogP) is 18.8. The molecule has 2 fully saturated rings. The van der Waals surface area contributed by atoms with E-state index in [1.807, 2.05) is 354 Å². The van der Waals surface area contributed by atoms with Crippen LogP contribution in [0.3, 0.4) is 0 Å². The molecular formula is C111H118N10O16. The van der Waals surface area contributed by atoms with Crippen LogP contribution in [0.2, 0.25) is 0 Å². The number of rotatable bonds is 36. The normalized spacial score (nSPS) is 16.1. The zero-order valence-electron chi connectivity index (χ0n) is 77.2. The van der Waals surface area contributed by atoms with E-state index >= 15 is 0 Å². The molecule has 9 amide bonds. The number of morpholine rings is 2. The molecule has 137 heavy (non-hydrogen) atoms. The molecule has 2 heterocycles. The number of anilines is 4. The molecule has 0 spiro atoms. The second-order valence-electron chi connectivity index (χ2n) is 35.1. The van der Waals surface area contributed by atoms with Gasteiger partial charge in [0.2, 0.25) is 11.8 Å². The van der Waals surface area contributed by atoms with Crippen molar-refractivity contribution in [3.63, 3.8) is 0 Å². The molecule has 12 N–H and O–H groups in total. The van der Waals surface area contributed by atoms with Gasteiger partial charge in [0.25, 0.3) is 11.8 Å². The van der Waals surface area contributed by atoms with Crippen LogP contribution in [0, 0.1) is 5.41 Å². The van der Waals surface area contributed by atoms with Crippen molar-refractivity contribution >= 4 is 76.8 Å². The van der Waals surface area contributed by atoms with Crippen LogP contribution in [0.5, 0.6) is 0 Å². The number of alkyl carbamates (subject to hydrolysis) is 2. The fourth-order valence-corrected chi connectivity index (χ4v) is 18.6. The number of aryl methyl sites for hydroxylation is 4. The highest BCUT2D eigenvalue weighted by molar-refractivity contribution is 6.00. The van der Waals surface area contributed by atoms with Crippen LogP contribution in [0.4, 0.5) is 46.7 Å². The number of hydrogen-bond donors (Lipinski definition) is 12. The van der Waals surface area contributed by atoms with E-state index in [0.717, 1.165) is 84.6 Å². The number of hydrogen-bond acceptors (Lipinski definition) is 16. The SMILES string of the molecule is COC(=O)N[C@H](C(=O)Nc1ccccc1CC[C@@H]1CO[C@H](CCc2ccccc2NC(=O)[C@@H](NC(=O)OC)C(c2ccccc2)c2ccccc2)C(C(C)(C)C)N1C(=O)O)C(c1ccccc1)c1ccccc1.O=C(O)NC(=O)[C@@H](Nc1ccccc1CC[C@@H]1CO[C@H](CCc2ccccc2N[C@H](C(=O)NC(=O)O)C(c2ccccc2)c2ccccc2)CN1)C(c1ccccc1)c1ccccc1. The molecule has 2 aliphatic rings. The van der Waals surface area contributed by atoms with Gasteiger partial charge in [0.1, 0.15) is 24.2 Å². The van der Waals surface area contributed by atoms with E-state index < -0.39 is 126 Å². The Bertz CT molecular complexity index is 5620. The molecule has 12 aromatic rings. The standard InChI is InChI=1S/C59H65N5O9.C52H53N5O7/c1-59(2,3)53-48(37-35-40-23-19-21-33-47(40)61-55(66)52(63-57(68)72-5)50(43-28-14-8-15-29-43)44-30-16-9-17-31-44)73-38-45(64(53)58(69)70)36-34-39-22-18-20-32-46(39)60-54(65)51(62-56(67)71-4)49(41-24-10-6-11-25-41)42-26-12-7-13-27-42;58-49(56-51(60)61)47(45(37-19-5-1-6-20-37)38-21-7-2-8-22-38)54-43-27-15-13-17-35(43)29-31-41-34-64-42(33-53-41)32-30-36-18-14-16-28-44(36)55-48(50(59)57-52(62)63)46(39-23-9-3-10-24-39)40-25-11-4-12-26-40/h6-33,45,48-53H,34-38H2,1-5H3,(H,60,65)(H,61,66)(H,62,67)(H,63,68)(H,69,70);1-28,41-42,45-48,53-55H,29-34H2,(H,56,58)(H,57,59)(H,60,61)(H,62,63)/t45-,48-,51+,52+,53?;41-,42-,47+,48+/m11/s1. The number of amides is 9. The van der Waals surface area contributed by atoms with Crippen molar-refractivity contribution in [3.05, 3.63) is 406 Å². The van der Waals surface area contributed by atoms with Crippen LogP contribution in [-0.4, -0.2) is 163 Å². The van der Waals surface area contributed by atoms with E-state index in [4.69, 9.17) is 18.9 Å². The Morgan fingerprint density at radius 1 is 0.358 bits per heavy atom. The average molecular weight is 1850 g/mol. The summed E-state index contributed by atoms with van der Waals surface area (Å²) in [7, 11) is 2.51. The van der Waals surface area contributed by atoms with Crippen molar-refractivity contribution < 1.29 is 77.4 Å². The van der Waals surface area contributed by atoms with E-state index in [2.05, 4.69) is 47.9 Å². The van der Waals surface area contributed by atoms with Crippen molar-refractivity contribution in [2.24, 2.45) is 5.41 Å². The largest absolute Gasteiger partial charge is 0.465 e. The lowest BCUT2D eigenvalue weighted by atomic mass is 9.78. The van der Waals surface area contributed by atoms with E-state index in [9.17, 15) is 58.5 Å². The molecule has 26 heteroatoms. The highest BCUT2D eigenvalue weighted by Crippen LogP contribution is 2.41. The van der Waals surface area contributed by atoms with Gasteiger partial charge in [0.05, 0.1) is 51.7 Å². The van der Waals surface area contributed by atoms with Gasteiger partial charge in [-0.25, -0.2) is 24.0 Å². The van der Waals surface area contributed by atoms with E-state index in [-0.39, 0.29) is 18.8 Å². The zero-order valence-corrected chi connectivity index (χ0v) is 77.2. The van der Waals surface area contributed by atoms with Crippen molar-refractivity contribution in [1.82, 2.24) is 31.5 Å². The van der Waals surface area contributed by atoms with Crippen LogP contribution < -0.4 is 47.9 Å². The summed E-state index contributed by atoms with van der Waals surface area (Å²) in [4.78, 5) is 120. The van der Waals surface area contributed by atoms with Gasteiger partial charge in [0, 0.05) is 59.0 Å². The van der Waals surface area contributed by atoms with Crippen LogP contribution in [0.15, 0.2) is 340 Å². The maximum atomic E-state index is 14.5. The van der Waals surface area contributed by atoms with Gasteiger partial charge < -0.3 is 71.5 Å². The Morgan fingerprint density at radius 3 is 0.956 bits per heavy atom. The second kappa shape index (κ2) is 49.1. The van der Waals surface area contributed by atoms with Crippen molar-refractivity contribution in [3.8, 4) is 0 Å². The topological polar surface area (TPSA) is 363 Å². The summed E-state index contributed by atoms with van der Waals surface area (Å²) in [6.45, 7) is 7.30. The fourth-order valence-electron chi connectivity index (χ4n) is 18.6. The van der Waals surface area contributed by atoms with E-state index in [1.165, 1.54) is 14.2 Å². The van der Waals surface area contributed by atoms with Crippen LogP contribution in [0.25, 0.3) is 0 Å². The Labute approximate surface area is 798 Å². The van der Waals surface area contributed by atoms with Gasteiger partial charge in [-0.2, -0.15) is 0 Å². The summed E-state index contributed by atoms with van der Waals surface area (Å²) in [5.41, 5.74) is 12.3. The quantitative estimate of drug-likeness (QED) is 0.0173. The molecule has 0 bridgehead atoms. The van der Waals surface area contributed by atoms with Crippen LogP contribution >= 0.6 is 0 Å². The molecule has 1 unspecified atom stereocenters. The lowest BCUT2D eigenvalue weighted by Gasteiger charge is -2.50. The Balaban J connectivity index is 0.000000233. The number of carbonyl (C=O) groups excluding carboxylic acids is 6. The third-order valence-corrected chi connectivity index (χ3v) is 25.1. The zero-order chi connectivity index (χ0) is 96.6. The molecule has 14 rings (SSSR count). The summed E-state index contributed by atoms with van der Waals surface area (Å²) in [5, 5.41) is 56.7. The van der Waals surface area contributed by atoms with Gasteiger partial charge in [0.15, 0.2) is 0 Å². The average Bonchev–Trinajstić information content (AvgIpc) is 0.775. The number of nitrogens with zero attached hydrogens (tertiary/aromatic N) is 1. The van der Waals surface area contributed by atoms with Crippen LogP contribution in [0.1, 0.15) is 137 Å². The molecule has 26 nitrogen and oxygen atoms in total. The fraction of sp³-hybridized carbons (Fsp3) is 0.270. The first-order valence-corrected chi connectivity index (χ1v) is 46.1. The Hall–Kier alpha value is -15.3. The third kappa shape index (κ3) is 27.3. The van der Waals surface area contributed by atoms with Gasteiger partial charge in [-0.05, 0) is 148 Å². The molecule has 12 aromatic carbocycles. The number of imide groups is 2. The minimum atomic E-state index is -1.42. The molecule has 708 valence electrons. The van der Waals surface area contributed by atoms with E-state index in [0.29, 0.717) is 69.5 Å². The van der Waals surface area contributed by atoms with Gasteiger partial charge in [-0.15, -0.1) is 0 Å². The smallest absolute Gasteiger partial charge is 0.411 e. The monoisotopic (exact) mass is 1850 g/mol. The summed E-state index contributed by atoms with van der Waals surface area (Å²) in [6.07, 6.45) is -1.50. The highest BCUT2D eigenvalue weighted by atomic mass is 16.5. The van der Waals surface area contributed by atoms with Crippen LogP contribution in [-0.2, 0) is 63.8 Å². The molecule has 0 saturated carbocycles. The first kappa shape index (κ1) is 99.2. The molecule has 2 aliphatic heterocycles. The van der Waals surface area contributed by atoms with Crippen molar-refractivity contribution in [2.45, 2.75) is 150 Å². The number of carboxylic acid groups (broad SMARTS) is 3. The third-order valence-electron chi connectivity index (χ3n) is 25.1. The van der Waals surface area contributed by atoms with E-state index in [1.54, 1.807) is 11.0 Å². The number of nitrogens with one attached hydrogen (secondary N) is 9. The number of para-hydroxylation sites is 4. The highest BCUT2D eigenvalue weighted by Gasteiger charge is 2.47. The molecule has 0 aliphatic carbocycles. The first-order chi connectivity index (χ1) is 66.5. The molecular weight excluding hydrogens is 1730 g/mol. The minimum Gasteiger partial charge on any atom is -0.465 e. The molecule has 0 aromatic heterocycles. The summed E-state index contributed by atoms with van der Waals surface area (Å²) >= 11 is 0. The maximum Gasteiger partial charge on any atom is 0.411 e. The Kier molecular flexibility index (Phi) is 35.6. The van der Waals surface area contributed by atoms with Gasteiger partial charge >= 0.3 is 30.5 Å². The van der Waals surface area contributed by atoms with Crippen molar-refractivity contribution in [1.29, 1.82) is 0 Å². The minimum absolute atomic E-state index is 0.0628. The number of benzene rings is 12. The number of carbonyl (C=O) groups is 9. The summed E-state index contributed by atoms with van der Waals surface area (Å²) in [6, 6.07) is 102. The molecule has 9 atom stereocenters. The van der Waals surface area contributed by atoms with Crippen molar-refractivity contribution in [2.75, 3.05) is 55.2 Å². The lowest BCUT2D eigenvalue weighted by Crippen LogP contribution is -2.63. The van der Waals surface area contributed by atoms with Gasteiger partial charge in [-0.3, -0.25) is 34.7 Å². The summed E-state index contributed by atoms with van der Waals surface area (Å²) in [5.74, 6) is -4.30. The number of ether oxygens (including phenoxy) is 4. The summed E-state index contributed by atoms with van der Waals surface area (Å²) < 4.78 is 23.1. The predicted molar refractivity (Wildman–Crippen MR) is 529 cm³/mol. The van der Waals surface area contributed by atoms with Gasteiger partial charge in [-0.1, -0.05) is 336 Å². The maximum absolute atomic E-state index is 14.5. The molecule has 2 saturated heterocycles. The lowest BCUT2D eigenvalue weighted by molar-refractivity contribution is -0.125. The molecule has 0 radical (unpaired) electrons. The Morgan fingerprint density at radius 2 is 0.650 bits per heavy atom. The first-order valence-electron chi connectivity index (χ1n) is 46.1. The number of methoxy groups -OCH3 is 2.